The Labute approximate surface area is 167 Å². The Hall–Kier alpha value is -2.78. The third-order valence-corrected chi connectivity index (χ3v) is 5.06. The van der Waals surface area contributed by atoms with Crippen LogP contribution in [0.2, 0.25) is 0 Å². The SMILES string of the molecule is CC(C)(O)CNc1nn(C2CCNCC2)c2cc(-c3cccc(F)c3O)nnc12. The number of phenols is 1. The first-order chi connectivity index (χ1) is 13.8. The molecular weight excluding hydrogens is 375 g/mol. The Balaban J connectivity index is 1.81. The summed E-state index contributed by atoms with van der Waals surface area (Å²) in [6, 6.07) is 6.29. The Morgan fingerprint density at radius 3 is 2.76 bits per heavy atom. The van der Waals surface area contributed by atoms with Gasteiger partial charge in [-0.3, -0.25) is 4.68 Å². The lowest BCUT2D eigenvalue weighted by Crippen LogP contribution is -2.30. The van der Waals surface area contributed by atoms with Crippen LogP contribution in [0.4, 0.5) is 10.2 Å². The number of nitrogens with one attached hydrogen (secondary N) is 2. The molecule has 1 saturated heterocycles. The van der Waals surface area contributed by atoms with Crippen LogP contribution in [0.1, 0.15) is 32.7 Å². The molecule has 0 unspecified atom stereocenters. The van der Waals surface area contributed by atoms with Gasteiger partial charge in [-0.25, -0.2) is 4.39 Å². The van der Waals surface area contributed by atoms with Gasteiger partial charge in [0.2, 0.25) is 0 Å². The number of para-hydroxylation sites is 1. The normalized spacial score (nSPS) is 15.7. The van der Waals surface area contributed by atoms with Crippen molar-refractivity contribution < 1.29 is 14.6 Å². The third-order valence-electron chi connectivity index (χ3n) is 5.06. The fourth-order valence-corrected chi connectivity index (χ4v) is 3.54. The number of anilines is 1. The van der Waals surface area contributed by atoms with Crippen LogP contribution >= 0.6 is 0 Å². The lowest BCUT2D eigenvalue weighted by atomic mass is 10.1. The number of fused-ring (bicyclic) bond motifs is 1. The fourth-order valence-electron chi connectivity index (χ4n) is 3.54. The van der Waals surface area contributed by atoms with Crippen LogP contribution in [-0.4, -0.2) is 55.4 Å². The number of hydrogen-bond donors (Lipinski definition) is 4. The molecule has 0 spiro atoms. The molecule has 8 nitrogen and oxygen atoms in total. The molecule has 9 heteroatoms. The molecule has 0 amide bonds. The predicted octanol–water partition coefficient (Wildman–Crippen LogP) is 2.45. The van der Waals surface area contributed by atoms with Gasteiger partial charge < -0.3 is 20.8 Å². The van der Waals surface area contributed by atoms with Crippen molar-refractivity contribution in [1.82, 2.24) is 25.3 Å². The number of hydrogen-bond acceptors (Lipinski definition) is 7. The van der Waals surface area contributed by atoms with Crippen LogP contribution in [0.15, 0.2) is 24.3 Å². The fraction of sp³-hybridized carbons (Fsp3) is 0.450. The average Bonchev–Trinajstić information content (AvgIpc) is 3.06. The monoisotopic (exact) mass is 400 g/mol. The minimum absolute atomic E-state index is 0.189. The van der Waals surface area contributed by atoms with Crippen LogP contribution in [0.3, 0.4) is 0 Å². The maximum atomic E-state index is 13.8. The molecule has 3 heterocycles. The van der Waals surface area contributed by atoms with Gasteiger partial charge in [0.1, 0.15) is 0 Å². The first-order valence-corrected chi connectivity index (χ1v) is 9.74. The summed E-state index contributed by atoms with van der Waals surface area (Å²) in [7, 11) is 0. The Bertz CT molecular complexity index is 1020. The summed E-state index contributed by atoms with van der Waals surface area (Å²) >= 11 is 0. The van der Waals surface area contributed by atoms with Crippen molar-refractivity contribution >= 4 is 16.9 Å². The second kappa shape index (κ2) is 7.57. The molecular formula is C20H25FN6O2. The van der Waals surface area contributed by atoms with E-state index in [9.17, 15) is 14.6 Å². The highest BCUT2D eigenvalue weighted by Crippen LogP contribution is 2.33. The second-order valence-corrected chi connectivity index (χ2v) is 8.04. The Kier molecular flexibility index (Phi) is 5.10. The second-order valence-electron chi connectivity index (χ2n) is 8.04. The Morgan fingerprint density at radius 2 is 2.03 bits per heavy atom. The summed E-state index contributed by atoms with van der Waals surface area (Å²) < 4.78 is 15.7. The van der Waals surface area contributed by atoms with E-state index < -0.39 is 17.2 Å². The minimum Gasteiger partial charge on any atom is -0.504 e. The van der Waals surface area contributed by atoms with Gasteiger partial charge in [0.15, 0.2) is 22.9 Å². The van der Waals surface area contributed by atoms with Gasteiger partial charge in [0.05, 0.1) is 22.9 Å². The first-order valence-electron chi connectivity index (χ1n) is 9.74. The van der Waals surface area contributed by atoms with Crippen molar-refractivity contribution in [2.45, 2.75) is 38.3 Å². The van der Waals surface area contributed by atoms with E-state index in [2.05, 4.69) is 20.8 Å². The molecule has 4 N–H and O–H groups in total. The van der Waals surface area contributed by atoms with E-state index >= 15 is 0 Å². The van der Waals surface area contributed by atoms with E-state index in [1.54, 1.807) is 26.0 Å². The van der Waals surface area contributed by atoms with Crippen molar-refractivity contribution in [1.29, 1.82) is 0 Å². The molecule has 154 valence electrons. The highest BCUT2D eigenvalue weighted by atomic mass is 19.1. The topological polar surface area (TPSA) is 108 Å². The summed E-state index contributed by atoms with van der Waals surface area (Å²) in [6.45, 7) is 5.52. The first kappa shape index (κ1) is 19.5. The minimum atomic E-state index is -0.911. The number of phenolic OH excluding ortho intramolecular Hbond substituents is 1. The van der Waals surface area contributed by atoms with E-state index in [0.29, 0.717) is 23.6 Å². The summed E-state index contributed by atoms with van der Waals surface area (Å²) in [5, 5.41) is 39.9. The highest BCUT2D eigenvalue weighted by Gasteiger charge is 2.24. The van der Waals surface area contributed by atoms with Crippen LogP contribution < -0.4 is 10.6 Å². The van der Waals surface area contributed by atoms with Crippen LogP contribution in [-0.2, 0) is 0 Å². The van der Waals surface area contributed by atoms with E-state index in [0.717, 1.165) is 31.4 Å². The van der Waals surface area contributed by atoms with Crippen molar-refractivity contribution in [3.8, 4) is 17.0 Å². The smallest absolute Gasteiger partial charge is 0.176 e. The van der Waals surface area contributed by atoms with E-state index in [-0.39, 0.29) is 11.6 Å². The highest BCUT2D eigenvalue weighted by molar-refractivity contribution is 5.88. The van der Waals surface area contributed by atoms with Crippen molar-refractivity contribution in [3.05, 3.63) is 30.1 Å². The lowest BCUT2D eigenvalue weighted by molar-refractivity contribution is 0.0944. The van der Waals surface area contributed by atoms with E-state index in [1.807, 2.05) is 4.68 Å². The van der Waals surface area contributed by atoms with Gasteiger partial charge in [0, 0.05) is 12.1 Å². The molecule has 0 bridgehead atoms. The molecule has 0 atom stereocenters. The number of aliphatic hydroxyl groups is 1. The van der Waals surface area contributed by atoms with Crippen LogP contribution in [0, 0.1) is 5.82 Å². The third kappa shape index (κ3) is 4.01. The van der Waals surface area contributed by atoms with E-state index in [1.165, 1.54) is 12.1 Å². The van der Waals surface area contributed by atoms with E-state index in [4.69, 9.17) is 5.10 Å². The molecule has 0 aliphatic carbocycles. The molecule has 29 heavy (non-hydrogen) atoms. The van der Waals surface area contributed by atoms with Crippen molar-refractivity contribution in [2.75, 3.05) is 25.0 Å². The van der Waals surface area contributed by atoms with Gasteiger partial charge in [-0.05, 0) is 58.0 Å². The number of piperidine rings is 1. The number of halogens is 1. The summed E-state index contributed by atoms with van der Waals surface area (Å²) in [6.07, 6.45) is 1.84. The van der Waals surface area contributed by atoms with Crippen molar-refractivity contribution in [3.63, 3.8) is 0 Å². The largest absolute Gasteiger partial charge is 0.504 e. The van der Waals surface area contributed by atoms with Gasteiger partial charge in [-0.2, -0.15) is 5.10 Å². The van der Waals surface area contributed by atoms with Gasteiger partial charge in [-0.15, -0.1) is 10.2 Å². The molecule has 1 aromatic carbocycles. The standard InChI is InChI=1S/C20H25FN6O2/c1-20(2,29)11-23-19-17-16(27(26-19)12-6-8-22-9-7-12)10-15(24-25-17)13-4-3-5-14(21)18(13)28/h3-5,10,12,22,28-29H,6-9,11H2,1-2H3,(H,23,26). The Morgan fingerprint density at radius 1 is 1.28 bits per heavy atom. The van der Waals surface area contributed by atoms with Gasteiger partial charge in [0.25, 0.3) is 0 Å². The molecule has 1 aliphatic rings. The van der Waals surface area contributed by atoms with Crippen LogP contribution in [0.25, 0.3) is 22.3 Å². The molecule has 4 rings (SSSR count). The predicted molar refractivity (Wildman–Crippen MR) is 108 cm³/mol. The zero-order valence-electron chi connectivity index (χ0n) is 16.5. The molecule has 0 radical (unpaired) electrons. The number of nitrogens with zero attached hydrogens (tertiary/aromatic N) is 4. The zero-order valence-corrected chi connectivity index (χ0v) is 16.5. The number of aromatic hydroxyl groups is 1. The lowest BCUT2D eigenvalue weighted by Gasteiger charge is -2.23. The van der Waals surface area contributed by atoms with Gasteiger partial charge >= 0.3 is 0 Å². The average molecular weight is 400 g/mol. The molecule has 1 aliphatic heterocycles. The zero-order chi connectivity index (χ0) is 20.6. The quantitative estimate of drug-likeness (QED) is 0.521. The molecule has 0 saturated carbocycles. The summed E-state index contributed by atoms with van der Waals surface area (Å²) in [5.41, 5.74) is 1.07. The summed E-state index contributed by atoms with van der Waals surface area (Å²) in [5.74, 6) is -0.610. The number of benzene rings is 1. The number of rotatable bonds is 5. The maximum absolute atomic E-state index is 13.8. The molecule has 3 aromatic rings. The number of aromatic nitrogens is 4. The van der Waals surface area contributed by atoms with Crippen LogP contribution in [0.5, 0.6) is 5.75 Å². The van der Waals surface area contributed by atoms with Gasteiger partial charge in [-0.1, -0.05) is 6.07 Å². The molecule has 2 aromatic heterocycles. The van der Waals surface area contributed by atoms with Crippen molar-refractivity contribution in [2.24, 2.45) is 0 Å². The molecule has 1 fully saturated rings. The summed E-state index contributed by atoms with van der Waals surface area (Å²) in [4.78, 5) is 0. The maximum Gasteiger partial charge on any atom is 0.176 e.